The van der Waals surface area contributed by atoms with Crippen LogP contribution in [0.3, 0.4) is 0 Å². The van der Waals surface area contributed by atoms with Crippen LogP contribution in [0.1, 0.15) is 90.5 Å². The van der Waals surface area contributed by atoms with Crippen LogP contribution in [-0.2, 0) is 4.74 Å². The first-order valence-corrected chi connectivity index (χ1v) is 15.3. The Hall–Kier alpha value is -1.54. The number of ether oxygens (including phenoxy) is 2. The van der Waals surface area contributed by atoms with Crippen molar-refractivity contribution in [3.63, 3.8) is 0 Å². The van der Waals surface area contributed by atoms with E-state index >= 15 is 0 Å². The van der Waals surface area contributed by atoms with E-state index in [2.05, 4.69) is 76.3 Å². The minimum atomic E-state index is -0.136. The molecule has 0 saturated heterocycles. The molecule has 1 aromatic rings. The van der Waals surface area contributed by atoms with Gasteiger partial charge in [-0.25, -0.2) is 0 Å². The lowest BCUT2D eigenvalue weighted by Gasteiger charge is -2.62. The van der Waals surface area contributed by atoms with Crippen molar-refractivity contribution >= 4 is 0 Å². The molecule has 0 heterocycles. The van der Waals surface area contributed by atoms with E-state index in [1.54, 1.807) is 0 Å². The molecular formula is C34H48O2. The normalized spacial score (nSPS) is 38.1. The van der Waals surface area contributed by atoms with E-state index in [1.165, 1.54) is 56.9 Å². The predicted octanol–water partition coefficient (Wildman–Crippen LogP) is 8.79. The van der Waals surface area contributed by atoms with Crippen molar-refractivity contribution in [2.45, 2.75) is 97.4 Å². The van der Waals surface area contributed by atoms with Gasteiger partial charge in [-0.05, 0) is 109 Å². The summed E-state index contributed by atoms with van der Waals surface area (Å²) in [5, 5.41) is 0. The molecule has 4 fully saturated rings. The van der Waals surface area contributed by atoms with Gasteiger partial charge in [-0.1, -0.05) is 77.0 Å². The highest BCUT2D eigenvalue weighted by atomic mass is 16.7. The van der Waals surface area contributed by atoms with E-state index in [-0.39, 0.29) is 6.29 Å². The zero-order valence-electron chi connectivity index (χ0n) is 23.0. The van der Waals surface area contributed by atoms with Crippen molar-refractivity contribution in [3.8, 4) is 5.75 Å². The second-order valence-electron chi connectivity index (χ2n) is 13.6. The van der Waals surface area contributed by atoms with Crippen LogP contribution in [0.4, 0.5) is 0 Å². The molecule has 0 aliphatic heterocycles. The smallest absolute Gasteiger partial charge is 0.203 e. The molecule has 196 valence electrons. The number of benzene rings is 1. The van der Waals surface area contributed by atoms with Crippen molar-refractivity contribution in [1.29, 1.82) is 0 Å². The molecule has 5 aliphatic rings. The number of allylic oxidation sites excluding steroid dienone is 4. The number of fused-ring (bicyclic) bond motifs is 5. The largest absolute Gasteiger partial charge is 0.465 e. The van der Waals surface area contributed by atoms with Gasteiger partial charge in [0.2, 0.25) is 6.29 Å². The fraction of sp³-hybridized carbons (Fsp3) is 0.706. The average Bonchev–Trinajstić information content (AvgIpc) is 3.26. The van der Waals surface area contributed by atoms with Crippen LogP contribution in [0.15, 0.2) is 48.6 Å². The first kappa shape index (κ1) is 24.8. The Morgan fingerprint density at radius 2 is 1.58 bits per heavy atom. The average molecular weight is 489 g/mol. The molecule has 0 amide bonds. The Morgan fingerprint density at radius 1 is 0.833 bits per heavy atom. The summed E-state index contributed by atoms with van der Waals surface area (Å²) in [5.41, 5.74) is 1.45. The lowest BCUT2D eigenvalue weighted by Crippen LogP contribution is -2.61. The minimum absolute atomic E-state index is 0.136. The monoisotopic (exact) mass is 488 g/mol. The summed E-state index contributed by atoms with van der Waals surface area (Å²) in [4.78, 5) is 0. The van der Waals surface area contributed by atoms with Crippen molar-refractivity contribution in [2.24, 2.45) is 53.3 Å². The van der Waals surface area contributed by atoms with Gasteiger partial charge in [-0.2, -0.15) is 0 Å². The molecular weight excluding hydrogens is 440 g/mol. The van der Waals surface area contributed by atoms with Gasteiger partial charge in [0, 0.05) is 5.92 Å². The van der Waals surface area contributed by atoms with Crippen LogP contribution in [0, 0.1) is 53.3 Å². The van der Waals surface area contributed by atoms with Crippen LogP contribution in [0.5, 0.6) is 5.75 Å². The zero-order chi connectivity index (χ0) is 24.8. The highest BCUT2D eigenvalue weighted by Gasteiger charge is 2.62. The maximum Gasteiger partial charge on any atom is 0.203 e. The van der Waals surface area contributed by atoms with Crippen molar-refractivity contribution < 1.29 is 9.47 Å². The summed E-state index contributed by atoms with van der Waals surface area (Å²) in [7, 11) is 0. The van der Waals surface area contributed by atoms with E-state index in [0.717, 1.165) is 29.4 Å². The standard InChI is InChI=1S/C34H48O2/c1-21(2)19-30(22(3)4)24-15-17-25(18-16-24)35-34(29-14-7-10-23-9-5-6-11-26(23)29)36-32-20-31-27-12-8-13-28(27)33(31)32/h5-6,9,11,15-18,21-23,26-34H,7-8,10,12-14,19-20H2,1-4H3. The van der Waals surface area contributed by atoms with E-state index in [4.69, 9.17) is 9.47 Å². The number of hydrogen-bond donors (Lipinski definition) is 0. The second kappa shape index (κ2) is 10.3. The molecule has 2 heteroatoms. The maximum atomic E-state index is 7.01. The summed E-state index contributed by atoms with van der Waals surface area (Å²) < 4.78 is 13.8. The Kier molecular flexibility index (Phi) is 7.10. The summed E-state index contributed by atoms with van der Waals surface area (Å²) in [6, 6.07) is 9.08. The van der Waals surface area contributed by atoms with Gasteiger partial charge in [-0.3, -0.25) is 0 Å². The summed E-state index contributed by atoms with van der Waals surface area (Å²) in [6.07, 6.45) is 20.3. The third kappa shape index (κ3) is 4.61. The zero-order valence-corrected chi connectivity index (χ0v) is 23.0. The molecule has 10 unspecified atom stereocenters. The predicted molar refractivity (Wildman–Crippen MR) is 148 cm³/mol. The van der Waals surface area contributed by atoms with Gasteiger partial charge < -0.3 is 9.47 Å². The van der Waals surface area contributed by atoms with Gasteiger partial charge >= 0.3 is 0 Å². The molecule has 36 heavy (non-hydrogen) atoms. The lowest BCUT2D eigenvalue weighted by molar-refractivity contribution is -0.263. The van der Waals surface area contributed by atoms with Crippen molar-refractivity contribution in [1.82, 2.24) is 0 Å². The van der Waals surface area contributed by atoms with E-state index < -0.39 is 0 Å². The Morgan fingerprint density at radius 3 is 2.36 bits per heavy atom. The first-order chi connectivity index (χ1) is 17.5. The summed E-state index contributed by atoms with van der Waals surface area (Å²) in [6.45, 7) is 9.38. The Balaban J connectivity index is 1.19. The summed E-state index contributed by atoms with van der Waals surface area (Å²) >= 11 is 0. The molecule has 6 rings (SSSR count). The van der Waals surface area contributed by atoms with Crippen LogP contribution in [0.2, 0.25) is 0 Å². The van der Waals surface area contributed by atoms with Crippen LogP contribution in [-0.4, -0.2) is 12.4 Å². The minimum Gasteiger partial charge on any atom is -0.465 e. The molecule has 1 aromatic carbocycles. The molecule has 4 saturated carbocycles. The van der Waals surface area contributed by atoms with Crippen LogP contribution in [0.25, 0.3) is 0 Å². The van der Waals surface area contributed by atoms with Gasteiger partial charge in [0.05, 0.1) is 6.10 Å². The topological polar surface area (TPSA) is 18.5 Å². The maximum absolute atomic E-state index is 7.01. The molecule has 10 atom stereocenters. The first-order valence-electron chi connectivity index (χ1n) is 15.3. The molecule has 0 spiro atoms. The molecule has 5 aliphatic carbocycles. The Bertz CT molecular complexity index is 942. The van der Waals surface area contributed by atoms with Gasteiger partial charge in [0.25, 0.3) is 0 Å². The molecule has 0 aromatic heterocycles. The highest BCUT2D eigenvalue weighted by Crippen LogP contribution is 2.65. The molecule has 0 N–H and O–H groups in total. The third-order valence-electron chi connectivity index (χ3n) is 10.7. The van der Waals surface area contributed by atoms with Crippen LogP contribution < -0.4 is 4.74 Å². The molecule has 2 nitrogen and oxygen atoms in total. The third-order valence-corrected chi connectivity index (χ3v) is 10.7. The van der Waals surface area contributed by atoms with E-state index in [0.29, 0.717) is 41.6 Å². The molecule has 0 bridgehead atoms. The number of hydrogen-bond acceptors (Lipinski definition) is 2. The fourth-order valence-electron chi connectivity index (χ4n) is 8.88. The quantitative estimate of drug-likeness (QED) is 0.323. The SMILES string of the molecule is CC(C)CC(c1ccc(OC(OC2CC3C4CCCC4C23)C2CCCC3C=CC=CC32)cc1)C(C)C. The van der Waals surface area contributed by atoms with Gasteiger partial charge in [0.15, 0.2) is 0 Å². The van der Waals surface area contributed by atoms with Crippen molar-refractivity contribution in [2.75, 3.05) is 0 Å². The number of rotatable bonds is 9. The van der Waals surface area contributed by atoms with E-state index in [9.17, 15) is 0 Å². The molecule has 0 radical (unpaired) electrons. The summed E-state index contributed by atoms with van der Waals surface area (Å²) in [5.74, 6) is 8.30. The second-order valence-corrected chi connectivity index (χ2v) is 13.6. The lowest BCUT2D eigenvalue weighted by atomic mass is 9.46. The van der Waals surface area contributed by atoms with Crippen molar-refractivity contribution in [3.05, 3.63) is 54.1 Å². The van der Waals surface area contributed by atoms with Gasteiger partial charge in [-0.15, -0.1) is 0 Å². The van der Waals surface area contributed by atoms with Crippen LogP contribution >= 0.6 is 0 Å². The van der Waals surface area contributed by atoms with E-state index in [1.807, 2.05) is 0 Å². The Labute approximate surface area is 219 Å². The van der Waals surface area contributed by atoms with Gasteiger partial charge in [0.1, 0.15) is 5.75 Å². The highest BCUT2D eigenvalue weighted by molar-refractivity contribution is 5.30. The fourth-order valence-corrected chi connectivity index (χ4v) is 8.88.